The van der Waals surface area contributed by atoms with E-state index in [2.05, 4.69) is 5.16 Å². The second-order valence-electron chi connectivity index (χ2n) is 5.20. The number of carbonyl (C=O) groups excluding carboxylic acids is 1. The third-order valence-corrected chi connectivity index (χ3v) is 3.85. The molecule has 0 bridgehead atoms. The van der Waals surface area contributed by atoms with Crippen molar-refractivity contribution in [2.24, 2.45) is 11.1 Å². The summed E-state index contributed by atoms with van der Waals surface area (Å²) in [5, 5.41) is 23.0. The lowest BCUT2D eigenvalue weighted by Crippen LogP contribution is -2.43. The number of piperidine rings is 1. The first-order valence-electron chi connectivity index (χ1n) is 6.69. The largest absolute Gasteiger partial charge is 0.411 e. The fourth-order valence-corrected chi connectivity index (χ4v) is 2.58. The maximum absolute atomic E-state index is 12.5. The van der Waals surface area contributed by atoms with E-state index in [1.54, 1.807) is 17.9 Å². The maximum atomic E-state index is 12.5. The van der Waals surface area contributed by atoms with Crippen molar-refractivity contribution in [3.8, 4) is 0 Å². The van der Waals surface area contributed by atoms with Gasteiger partial charge in [-0.1, -0.05) is 18.1 Å². The second-order valence-corrected chi connectivity index (χ2v) is 5.20. The second kappa shape index (κ2) is 5.90. The molecule has 1 amide bonds. The molecule has 1 aromatic rings. The number of oxime groups is 1. The number of nitro benzene ring substituents is 1. The highest BCUT2D eigenvalue weighted by Gasteiger charge is 2.28. The lowest BCUT2D eigenvalue weighted by atomic mass is 9.96. The van der Waals surface area contributed by atoms with Crippen LogP contribution in [-0.2, 0) is 0 Å². The first-order valence-corrected chi connectivity index (χ1v) is 6.69. The van der Waals surface area contributed by atoms with Gasteiger partial charge >= 0.3 is 0 Å². The summed E-state index contributed by atoms with van der Waals surface area (Å²) >= 11 is 0. The molecule has 1 aliphatic rings. The Balaban J connectivity index is 2.26. The molecule has 7 nitrogen and oxygen atoms in total. The monoisotopic (exact) mass is 291 g/mol. The Morgan fingerprint density at radius 2 is 2.24 bits per heavy atom. The molecule has 112 valence electrons. The third kappa shape index (κ3) is 2.86. The summed E-state index contributed by atoms with van der Waals surface area (Å²) < 4.78 is 0. The van der Waals surface area contributed by atoms with Gasteiger partial charge in [0.15, 0.2) is 0 Å². The minimum absolute atomic E-state index is 0.0216. The molecule has 1 aliphatic heterocycles. The van der Waals surface area contributed by atoms with Crippen LogP contribution in [-0.4, -0.2) is 39.7 Å². The Morgan fingerprint density at radius 3 is 2.81 bits per heavy atom. The van der Waals surface area contributed by atoms with Crippen LogP contribution in [0.25, 0.3) is 0 Å². The molecule has 0 spiro atoms. The van der Waals surface area contributed by atoms with Crippen molar-refractivity contribution in [1.29, 1.82) is 0 Å². The van der Waals surface area contributed by atoms with E-state index in [0.717, 1.165) is 0 Å². The van der Waals surface area contributed by atoms with Crippen LogP contribution in [0.15, 0.2) is 23.4 Å². The van der Waals surface area contributed by atoms with E-state index in [4.69, 9.17) is 5.21 Å². The summed E-state index contributed by atoms with van der Waals surface area (Å²) in [6.07, 6.45) is 0.511. The van der Waals surface area contributed by atoms with Crippen LogP contribution in [0.1, 0.15) is 29.3 Å². The van der Waals surface area contributed by atoms with Crippen molar-refractivity contribution in [1.82, 2.24) is 4.90 Å². The lowest BCUT2D eigenvalue weighted by molar-refractivity contribution is -0.385. The SMILES string of the molecule is Cc1c(C(=O)N2CC/C(=N\O)C(C)C2)cccc1[N+](=O)[O-]. The fourth-order valence-electron chi connectivity index (χ4n) is 2.58. The zero-order chi connectivity index (χ0) is 15.6. The molecule has 2 rings (SSSR count). The van der Waals surface area contributed by atoms with E-state index in [1.807, 2.05) is 6.92 Å². The Bertz CT molecular complexity index is 612. The van der Waals surface area contributed by atoms with Gasteiger partial charge in [0, 0.05) is 42.6 Å². The molecule has 1 heterocycles. The number of rotatable bonds is 2. The smallest absolute Gasteiger partial charge is 0.273 e. The number of hydrogen-bond acceptors (Lipinski definition) is 5. The van der Waals surface area contributed by atoms with Gasteiger partial charge < -0.3 is 10.1 Å². The minimum Gasteiger partial charge on any atom is -0.411 e. The predicted octanol–water partition coefficient (Wildman–Crippen LogP) is 2.22. The molecular formula is C14H17N3O4. The normalized spacial score (nSPS) is 20.6. The van der Waals surface area contributed by atoms with Crippen LogP contribution >= 0.6 is 0 Å². The van der Waals surface area contributed by atoms with Crippen LogP contribution in [0.4, 0.5) is 5.69 Å². The molecule has 1 saturated heterocycles. The molecular weight excluding hydrogens is 274 g/mol. The van der Waals surface area contributed by atoms with E-state index >= 15 is 0 Å². The van der Waals surface area contributed by atoms with Crippen molar-refractivity contribution in [3.05, 3.63) is 39.4 Å². The van der Waals surface area contributed by atoms with Crippen molar-refractivity contribution < 1.29 is 14.9 Å². The molecule has 0 aromatic heterocycles. The lowest BCUT2D eigenvalue weighted by Gasteiger charge is -2.31. The molecule has 1 N–H and O–H groups in total. The zero-order valence-electron chi connectivity index (χ0n) is 11.9. The summed E-state index contributed by atoms with van der Waals surface area (Å²) in [5.74, 6) is -0.244. The Kier molecular flexibility index (Phi) is 4.21. The Labute approximate surface area is 122 Å². The van der Waals surface area contributed by atoms with Gasteiger partial charge in [-0.15, -0.1) is 0 Å². The summed E-state index contributed by atoms with van der Waals surface area (Å²) in [6, 6.07) is 4.51. The summed E-state index contributed by atoms with van der Waals surface area (Å²) in [4.78, 5) is 24.6. The molecule has 21 heavy (non-hydrogen) atoms. The molecule has 1 atom stereocenters. The third-order valence-electron chi connectivity index (χ3n) is 3.85. The van der Waals surface area contributed by atoms with Crippen LogP contribution in [0.5, 0.6) is 0 Å². The quantitative estimate of drug-likeness (QED) is 0.513. The van der Waals surface area contributed by atoms with Gasteiger partial charge in [-0.2, -0.15) is 0 Å². The first kappa shape index (κ1) is 15.0. The number of benzene rings is 1. The Hall–Kier alpha value is -2.44. The number of carbonyl (C=O) groups is 1. The highest BCUT2D eigenvalue weighted by molar-refractivity contribution is 5.98. The first-order chi connectivity index (χ1) is 9.95. The molecule has 0 radical (unpaired) electrons. The highest BCUT2D eigenvalue weighted by Crippen LogP contribution is 2.24. The average molecular weight is 291 g/mol. The molecule has 7 heteroatoms. The van der Waals surface area contributed by atoms with Crippen molar-refractivity contribution in [3.63, 3.8) is 0 Å². The van der Waals surface area contributed by atoms with Gasteiger partial charge in [-0.25, -0.2) is 0 Å². The van der Waals surface area contributed by atoms with Gasteiger partial charge in [-0.05, 0) is 13.0 Å². The molecule has 0 aliphatic carbocycles. The van der Waals surface area contributed by atoms with Crippen molar-refractivity contribution in [2.45, 2.75) is 20.3 Å². The minimum atomic E-state index is -0.485. The predicted molar refractivity (Wildman–Crippen MR) is 76.7 cm³/mol. The zero-order valence-corrected chi connectivity index (χ0v) is 11.9. The van der Waals surface area contributed by atoms with Gasteiger partial charge in [0.1, 0.15) is 0 Å². The van der Waals surface area contributed by atoms with Crippen molar-refractivity contribution in [2.75, 3.05) is 13.1 Å². The van der Waals surface area contributed by atoms with Gasteiger partial charge in [0.2, 0.25) is 0 Å². The van der Waals surface area contributed by atoms with E-state index < -0.39 is 4.92 Å². The summed E-state index contributed by atoms with van der Waals surface area (Å²) in [5.41, 5.74) is 1.35. The van der Waals surface area contributed by atoms with Crippen LogP contribution in [0, 0.1) is 23.0 Å². The number of nitrogens with zero attached hydrogens (tertiary/aromatic N) is 3. The van der Waals surface area contributed by atoms with Crippen LogP contribution in [0.2, 0.25) is 0 Å². The van der Waals surface area contributed by atoms with E-state index in [0.29, 0.717) is 36.3 Å². The van der Waals surface area contributed by atoms with Crippen LogP contribution in [0.3, 0.4) is 0 Å². The van der Waals surface area contributed by atoms with E-state index in [1.165, 1.54) is 12.1 Å². The van der Waals surface area contributed by atoms with E-state index in [-0.39, 0.29) is 17.5 Å². The van der Waals surface area contributed by atoms with Crippen molar-refractivity contribution >= 4 is 17.3 Å². The number of likely N-dealkylation sites (tertiary alicyclic amines) is 1. The molecule has 0 saturated carbocycles. The van der Waals surface area contributed by atoms with Gasteiger partial charge in [0.05, 0.1) is 10.6 Å². The number of amides is 1. The van der Waals surface area contributed by atoms with Gasteiger partial charge in [-0.3, -0.25) is 14.9 Å². The number of nitro groups is 1. The maximum Gasteiger partial charge on any atom is 0.273 e. The topological polar surface area (TPSA) is 96.0 Å². The molecule has 1 fully saturated rings. The van der Waals surface area contributed by atoms with Gasteiger partial charge in [0.25, 0.3) is 11.6 Å². The fraction of sp³-hybridized carbons (Fsp3) is 0.429. The summed E-state index contributed by atoms with van der Waals surface area (Å²) in [7, 11) is 0. The standard InChI is InChI=1S/C14H17N3O4/c1-9-8-16(7-6-12(9)15-19)14(18)11-4-3-5-13(10(11)2)17(20)21/h3-5,9,19H,6-8H2,1-2H3/b15-12+. The Morgan fingerprint density at radius 1 is 1.52 bits per heavy atom. The molecule has 1 unspecified atom stereocenters. The highest BCUT2D eigenvalue weighted by atomic mass is 16.6. The van der Waals surface area contributed by atoms with E-state index in [9.17, 15) is 14.9 Å². The molecule has 1 aromatic carbocycles. The van der Waals surface area contributed by atoms with Crippen LogP contribution < -0.4 is 0 Å². The average Bonchev–Trinajstić information content (AvgIpc) is 2.46. The summed E-state index contributed by atoms with van der Waals surface area (Å²) in [6.45, 7) is 4.36. The number of hydrogen-bond donors (Lipinski definition) is 1.